The van der Waals surface area contributed by atoms with E-state index in [1.165, 1.54) is 6.33 Å². The molecule has 1 heterocycles. The number of benzene rings is 1. The molecule has 0 aliphatic rings. The zero-order chi connectivity index (χ0) is 15.1. The SMILES string of the molecule is CNCCCc1ccc(S(=O)(=O)NCc2ncn[nH]2)cc1. The highest BCUT2D eigenvalue weighted by atomic mass is 32.2. The lowest BCUT2D eigenvalue weighted by atomic mass is 10.1. The Morgan fingerprint density at radius 1 is 1.24 bits per heavy atom. The van der Waals surface area contributed by atoms with Gasteiger partial charge in [-0.15, -0.1) is 0 Å². The summed E-state index contributed by atoms with van der Waals surface area (Å²) in [4.78, 5) is 4.12. The van der Waals surface area contributed by atoms with Crippen LogP contribution in [0.4, 0.5) is 0 Å². The van der Waals surface area contributed by atoms with Crippen molar-refractivity contribution in [3.63, 3.8) is 0 Å². The predicted octanol–water partition coefficient (Wildman–Crippen LogP) is 0.435. The molecule has 7 nitrogen and oxygen atoms in total. The highest BCUT2D eigenvalue weighted by molar-refractivity contribution is 7.89. The molecule has 3 N–H and O–H groups in total. The maximum absolute atomic E-state index is 12.1. The quantitative estimate of drug-likeness (QED) is 0.614. The predicted molar refractivity (Wildman–Crippen MR) is 79.1 cm³/mol. The summed E-state index contributed by atoms with van der Waals surface area (Å²) in [6.45, 7) is 1.03. The summed E-state index contributed by atoms with van der Waals surface area (Å²) in [7, 11) is -1.62. The van der Waals surface area contributed by atoms with E-state index in [4.69, 9.17) is 0 Å². The fraction of sp³-hybridized carbons (Fsp3) is 0.385. The van der Waals surface area contributed by atoms with E-state index in [2.05, 4.69) is 25.2 Å². The van der Waals surface area contributed by atoms with Crippen LogP contribution in [-0.2, 0) is 23.0 Å². The van der Waals surface area contributed by atoms with Crippen molar-refractivity contribution in [1.29, 1.82) is 0 Å². The molecule has 0 unspecified atom stereocenters. The van der Waals surface area contributed by atoms with E-state index >= 15 is 0 Å². The molecule has 0 aliphatic carbocycles. The van der Waals surface area contributed by atoms with E-state index in [1.54, 1.807) is 12.1 Å². The maximum atomic E-state index is 12.1. The van der Waals surface area contributed by atoms with Gasteiger partial charge in [0.15, 0.2) is 0 Å². The van der Waals surface area contributed by atoms with E-state index in [0.29, 0.717) is 5.82 Å². The fourth-order valence-corrected chi connectivity index (χ4v) is 2.86. The molecule has 0 saturated carbocycles. The molecule has 0 saturated heterocycles. The van der Waals surface area contributed by atoms with Crippen LogP contribution in [0.5, 0.6) is 0 Å². The second-order valence-electron chi connectivity index (χ2n) is 4.61. The van der Waals surface area contributed by atoms with Crippen LogP contribution in [0.25, 0.3) is 0 Å². The van der Waals surface area contributed by atoms with Crippen LogP contribution >= 0.6 is 0 Å². The number of aryl methyl sites for hydroxylation is 1. The van der Waals surface area contributed by atoms with Crippen molar-refractivity contribution < 1.29 is 8.42 Å². The molecule has 2 aromatic rings. The molecule has 0 amide bonds. The Kier molecular flexibility index (Phi) is 5.43. The first-order valence-corrected chi connectivity index (χ1v) is 8.17. The first-order chi connectivity index (χ1) is 10.1. The average Bonchev–Trinajstić information content (AvgIpc) is 3.00. The smallest absolute Gasteiger partial charge is 0.240 e. The lowest BCUT2D eigenvalue weighted by Crippen LogP contribution is -2.23. The summed E-state index contributed by atoms with van der Waals surface area (Å²) in [5.74, 6) is 0.474. The molecule has 1 aromatic heterocycles. The van der Waals surface area contributed by atoms with Gasteiger partial charge in [0.25, 0.3) is 0 Å². The maximum Gasteiger partial charge on any atom is 0.240 e. The molecular weight excluding hydrogens is 290 g/mol. The van der Waals surface area contributed by atoms with Crippen LogP contribution in [0, 0.1) is 0 Å². The van der Waals surface area contributed by atoms with Gasteiger partial charge in [0, 0.05) is 0 Å². The van der Waals surface area contributed by atoms with Gasteiger partial charge in [-0.25, -0.2) is 18.1 Å². The van der Waals surface area contributed by atoms with Gasteiger partial charge in [0.2, 0.25) is 10.0 Å². The number of hydrogen-bond donors (Lipinski definition) is 3. The van der Waals surface area contributed by atoms with Crippen molar-refractivity contribution in [3.8, 4) is 0 Å². The minimum absolute atomic E-state index is 0.0895. The Morgan fingerprint density at radius 2 is 2.00 bits per heavy atom. The number of aromatic amines is 1. The van der Waals surface area contributed by atoms with Crippen LogP contribution < -0.4 is 10.0 Å². The zero-order valence-electron chi connectivity index (χ0n) is 11.8. The molecule has 0 bridgehead atoms. The van der Waals surface area contributed by atoms with Crippen LogP contribution in [0.2, 0.25) is 0 Å². The van der Waals surface area contributed by atoms with Gasteiger partial charge in [-0.2, -0.15) is 5.10 Å². The van der Waals surface area contributed by atoms with Gasteiger partial charge in [0.1, 0.15) is 12.2 Å². The zero-order valence-corrected chi connectivity index (χ0v) is 12.7. The molecule has 114 valence electrons. The molecule has 0 radical (unpaired) electrons. The standard InChI is InChI=1S/C13H19N5O2S/c1-14-8-2-3-11-4-6-12(7-5-11)21(19,20)17-9-13-15-10-16-18-13/h4-7,10,14,17H,2-3,8-9H2,1H3,(H,15,16,18). The highest BCUT2D eigenvalue weighted by Gasteiger charge is 2.14. The van der Waals surface area contributed by atoms with Crippen LogP contribution in [0.3, 0.4) is 0 Å². The summed E-state index contributed by atoms with van der Waals surface area (Å²) in [5, 5.41) is 9.36. The van der Waals surface area contributed by atoms with Crippen molar-refractivity contribution in [2.75, 3.05) is 13.6 Å². The fourth-order valence-electron chi connectivity index (χ4n) is 1.87. The molecular formula is C13H19N5O2S. The third-order valence-electron chi connectivity index (χ3n) is 3.02. The summed E-state index contributed by atoms with van der Waals surface area (Å²) in [6.07, 6.45) is 3.28. The number of aromatic nitrogens is 3. The van der Waals surface area contributed by atoms with Crippen LogP contribution in [0.1, 0.15) is 17.8 Å². The van der Waals surface area contributed by atoms with Crippen molar-refractivity contribution in [3.05, 3.63) is 42.0 Å². The Morgan fingerprint density at radius 3 is 2.62 bits per heavy atom. The molecule has 0 aliphatic heterocycles. The van der Waals surface area contributed by atoms with E-state index < -0.39 is 10.0 Å². The Hall–Kier alpha value is -1.77. The molecule has 1 aromatic carbocycles. The van der Waals surface area contributed by atoms with Crippen molar-refractivity contribution in [2.24, 2.45) is 0 Å². The van der Waals surface area contributed by atoms with Crippen LogP contribution in [0.15, 0.2) is 35.5 Å². The Bertz CT molecular complexity index is 638. The van der Waals surface area contributed by atoms with E-state index in [0.717, 1.165) is 24.9 Å². The summed E-state index contributed by atoms with van der Waals surface area (Å²) in [5.41, 5.74) is 1.12. The minimum Gasteiger partial charge on any atom is -0.320 e. The first-order valence-electron chi connectivity index (χ1n) is 6.69. The number of H-pyrrole nitrogens is 1. The van der Waals surface area contributed by atoms with E-state index in [-0.39, 0.29) is 11.4 Å². The largest absolute Gasteiger partial charge is 0.320 e. The lowest BCUT2D eigenvalue weighted by molar-refractivity contribution is 0.579. The summed E-state index contributed by atoms with van der Waals surface area (Å²) >= 11 is 0. The second kappa shape index (κ2) is 7.30. The van der Waals surface area contributed by atoms with Crippen LogP contribution in [-0.4, -0.2) is 37.2 Å². The van der Waals surface area contributed by atoms with Gasteiger partial charge in [-0.05, 0) is 44.1 Å². The monoisotopic (exact) mass is 309 g/mol. The molecule has 0 spiro atoms. The van der Waals surface area contributed by atoms with Gasteiger partial charge >= 0.3 is 0 Å². The third kappa shape index (κ3) is 4.62. The van der Waals surface area contributed by atoms with E-state index in [9.17, 15) is 8.42 Å². The normalized spacial score (nSPS) is 11.7. The summed E-state index contributed by atoms with van der Waals surface area (Å²) < 4.78 is 26.7. The molecule has 8 heteroatoms. The third-order valence-corrected chi connectivity index (χ3v) is 4.44. The topological polar surface area (TPSA) is 99.8 Å². The number of sulfonamides is 1. The minimum atomic E-state index is -3.53. The second-order valence-corrected chi connectivity index (χ2v) is 6.37. The lowest BCUT2D eigenvalue weighted by Gasteiger charge is -2.06. The number of nitrogens with one attached hydrogen (secondary N) is 3. The van der Waals surface area contributed by atoms with Crippen molar-refractivity contribution in [2.45, 2.75) is 24.3 Å². The molecule has 0 atom stereocenters. The van der Waals surface area contributed by atoms with Crippen molar-refractivity contribution in [1.82, 2.24) is 25.2 Å². The average molecular weight is 309 g/mol. The molecule has 21 heavy (non-hydrogen) atoms. The number of hydrogen-bond acceptors (Lipinski definition) is 5. The van der Waals surface area contributed by atoms with Gasteiger partial charge < -0.3 is 5.32 Å². The number of rotatable bonds is 8. The van der Waals surface area contributed by atoms with Gasteiger partial charge in [0.05, 0.1) is 11.4 Å². The van der Waals surface area contributed by atoms with E-state index in [1.807, 2.05) is 19.2 Å². The van der Waals surface area contributed by atoms with Crippen molar-refractivity contribution >= 4 is 10.0 Å². The Balaban J connectivity index is 1.96. The number of nitrogens with zero attached hydrogens (tertiary/aromatic N) is 2. The molecule has 2 rings (SSSR count). The molecule has 0 fully saturated rings. The Labute approximate surface area is 124 Å². The van der Waals surface area contributed by atoms with Gasteiger partial charge in [-0.3, -0.25) is 5.10 Å². The summed E-state index contributed by atoms with van der Waals surface area (Å²) in [6, 6.07) is 6.94. The highest BCUT2D eigenvalue weighted by Crippen LogP contribution is 2.12. The first kappa shape index (κ1) is 15.6. The van der Waals surface area contributed by atoms with Gasteiger partial charge in [-0.1, -0.05) is 12.1 Å².